The van der Waals surface area contributed by atoms with Crippen LogP contribution in [0.2, 0.25) is 0 Å². The lowest BCUT2D eigenvalue weighted by atomic mass is 10.1. The zero-order chi connectivity index (χ0) is 17.4. The molecule has 0 aliphatic heterocycles. The highest BCUT2D eigenvalue weighted by Gasteiger charge is 2.19. The summed E-state index contributed by atoms with van der Waals surface area (Å²) in [5.41, 5.74) is -0.0640. The van der Waals surface area contributed by atoms with E-state index in [1.807, 2.05) is 0 Å². The summed E-state index contributed by atoms with van der Waals surface area (Å²) in [6.45, 7) is 2.98. The van der Waals surface area contributed by atoms with Crippen LogP contribution in [-0.2, 0) is 0 Å². The van der Waals surface area contributed by atoms with E-state index in [2.05, 4.69) is 9.97 Å². The number of carboxylic acids is 1. The van der Waals surface area contributed by atoms with Crippen molar-refractivity contribution in [1.82, 2.24) is 9.97 Å². The van der Waals surface area contributed by atoms with Gasteiger partial charge in [-0.05, 0) is 25.5 Å². The van der Waals surface area contributed by atoms with Crippen molar-refractivity contribution in [3.05, 3.63) is 41.0 Å². The molecule has 1 aromatic heterocycles. The molecule has 0 saturated carbocycles. The standard InChI is InChI=1S/C14H13FN2O3/c1-7-4-5-9(20-3)10(11(7)15)13-16-6-8(2)12(17-13)14(18)19/h4-6H,1-3H3,(H,18,19)/i3D3. The van der Waals surface area contributed by atoms with Crippen molar-refractivity contribution in [2.45, 2.75) is 13.8 Å². The first-order chi connectivity index (χ1) is 10.6. The van der Waals surface area contributed by atoms with Gasteiger partial charge in [0, 0.05) is 11.8 Å². The summed E-state index contributed by atoms with van der Waals surface area (Å²) < 4.78 is 40.7. The molecule has 0 aliphatic rings. The van der Waals surface area contributed by atoms with Gasteiger partial charge in [-0.15, -0.1) is 0 Å². The first kappa shape index (κ1) is 10.3. The average Bonchev–Trinajstić information content (AvgIpc) is 2.42. The summed E-state index contributed by atoms with van der Waals surface area (Å²) in [6, 6.07) is 2.63. The monoisotopic (exact) mass is 279 g/mol. The highest BCUT2D eigenvalue weighted by Crippen LogP contribution is 2.32. The van der Waals surface area contributed by atoms with Gasteiger partial charge in [0.15, 0.2) is 11.5 Å². The summed E-state index contributed by atoms with van der Waals surface area (Å²) >= 11 is 0. The Morgan fingerprint density at radius 2 is 2.15 bits per heavy atom. The molecule has 0 unspecified atom stereocenters. The van der Waals surface area contributed by atoms with Gasteiger partial charge >= 0.3 is 5.97 Å². The highest BCUT2D eigenvalue weighted by atomic mass is 19.1. The molecule has 0 spiro atoms. The number of methoxy groups -OCH3 is 1. The fraction of sp³-hybridized carbons (Fsp3) is 0.214. The summed E-state index contributed by atoms with van der Waals surface area (Å²) in [7, 11) is -2.79. The third-order valence-corrected chi connectivity index (χ3v) is 2.80. The molecule has 0 radical (unpaired) electrons. The zero-order valence-corrected chi connectivity index (χ0v) is 10.8. The van der Waals surface area contributed by atoms with Crippen molar-refractivity contribution in [3.8, 4) is 17.1 Å². The van der Waals surface area contributed by atoms with Gasteiger partial charge in [0.2, 0.25) is 0 Å². The summed E-state index contributed by atoms with van der Waals surface area (Å²) in [6.07, 6.45) is 1.23. The number of hydrogen-bond donors (Lipinski definition) is 1. The smallest absolute Gasteiger partial charge is 0.354 e. The van der Waals surface area contributed by atoms with Crippen molar-refractivity contribution in [3.63, 3.8) is 0 Å². The molecule has 2 rings (SSSR count). The molecule has 0 amide bonds. The van der Waals surface area contributed by atoms with E-state index in [0.717, 1.165) is 0 Å². The van der Waals surface area contributed by atoms with Gasteiger partial charge in [0.25, 0.3) is 0 Å². The van der Waals surface area contributed by atoms with Crippen LogP contribution in [0.15, 0.2) is 18.3 Å². The number of ether oxygens (including phenoxy) is 1. The second kappa shape index (κ2) is 5.24. The Morgan fingerprint density at radius 1 is 1.40 bits per heavy atom. The number of hydrogen-bond acceptors (Lipinski definition) is 4. The lowest BCUT2D eigenvalue weighted by Gasteiger charge is -2.11. The number of benzene rings is 1. The number of aromatic nitrogens is 2. The van der Waals surface area contributed by atoms with Crippen molar-refractivity contribution < 1.29 is 23.1 Å². The molecule has 2 aromatic rings. The fourth-order valence-corrected chi connectivity index (χ4v) is 1.73. The van der Waals surface area contributed by atoms with E-state index in [9.17, 15) is 9.18 Å². The molecule has 0 fully saturated rings. The van der Waals surface area contributed by atoms with Crippen molar-refractivity contribution in [1.29, 1.82) is 0 Å². The Morgan fingerprint density at radius 3 is 2.80 bits per heavy atom. The maximum absolute atomic E-state index is 14.5. The number of aryl methyl sites for hydroxylation is 2. The topological polar surface area (TPSA) is 72.3 Å². The molecule has 0 atom stereocenters. The Bertz CT molecular complexity index is 779. The third-order valence-electron chi connectivity index (χ3n) is 2.80. The van der Waals surface area contributed by atoms with Crippen molar-refractivity contribution in [2.75, 3.05) is 7.04 Å². The van der Waals surface area contributed by atoms with Crippen LogP contribution in [0.3, 0.4) is 0 Å². The number of nitrogens with zero attached hydrogens (tertiary/aromatic N) is 2. The number of carbonyl (C=O) groups is 1. The fourth-order valence-electron chi connectivity index (χ4n) is 1.73. The molecule has 0 bridgehead atoms. The minimum absolute atomic E-state index is 0.221. The number of aromatic carboxylic acids is 1. The lowest BCUT2D eigenvalue weighted by Crippen LogP contribution is -2.07. The zero-order valence-electron chi connectivity index (χ0n) is 13.8. The molecule has 0 saturated heterocycles. The molecule has 1 aromatic carbocycles. The maximum Gasteiger partial charge on any atom is 0.354 e. The van der Waals surface area contributed by atoms with E-state index in [-0.39, 0.29) is 28.4 Å². The molecular weight excluding hydrogens is 263 g/mol. The lowest BCUT2D eigenvalue weighted by molar-refractivity contribution is 0.0689. The largest absolute Gasteiger partial charge is 0.496 e. The molecule has 6 heteroatoms. The number of carboxylic acid groups (broad SMARTS) is 1. The Hall–Kier alpha value is -2.50. The predicted molar refractivity (Wildman–Crippen MR) is 70.4 cm³/mol. The van der Waals surface area contributed by atoms with Crippen LogP contribution >= 0.6 is 0 Å². The van der Waals surface area contributed by atoms with E-state index >= 15 is 0 Å². The second-order valence-electron chi connectivity index (χ2n) is 4.20. The predicted octanol–water partition coefficient (Wildman–Crippen LogP) is 2.61. The first-order valence-electron chi connectivity index (χ1n) is 7.15. The van der Waals surface area contributed by atoms with E-state index in [1.165, 1.54) is 32.2 Å². The SMILES string of the molecule is [2H]C([2H])([2H])Oc1ccc(C)c(F)c1-c1ncc(C)c(C(=O)O)n1. The minimum atomic E-state index is -2.79. The van der Waals surface area contributed by atoms with Crippen LogP contribution in [0.25, 0.3) is 11.4 Å². The molecule has 20 heavy (non-hydrogen) atoms. The van der Waals surface area contributed by atoms with E-state index in [1.54, 1.807) is 0 Å². The maximum atomic E-state index is 14.5. The van der Waals surface area contributed by atoms with Gasteiger partial charge in [0.1, 0.15) is 11.6 Å². The van der Waals surface area contributed by atoms with Crippen LogP contribution in [0.1, 0.15) is 25.7 Å². The van der Waals surface area contributed by atoms with Crippen LogP contribution in [0.4, 0.5) is 4.39 Å². The Balaban J connectivity index is 2.69. The summed E-state index contributed by atoms with van der Waals surface area (Å²) in [5.74, 6) is -2.61. The molecule has 1 N–H and O–H groups in total. The van der Waals surface area contributed by atoms with E-state index in [0.29, 0.717) is 5.56 Å². The minimum Gasteiger partial charge on any atom is -0.496 e. The van der Waals surface area contributed by atoms with Gasteiger partial charge in [-0.3, -0.25) is 0 Å². The second-order valence-corrected chi connectivity index (χ2v) is 4.20. The Kier molecular flexibility index (Phi) is 2.70. The van der Waals surface area contributed by atoms with Gasteiger partial charge in [-0.2, -0.15) is 0 Å². The number of halogens is 1. The van der Waals surface area contributed by atoms with E-state index in [4.69, 9.17) is 14.0 Å². The van der Waals surface area contributed by atoms with Gasteiger partial charge in [0.05, 0.1) is 16.7 Å². The molecule has 104 valence electrons. The molecule has 5 nitrogen and oxygen atoms in total. The van der Waals surface area contributed by atoms with Gasteiger partial charge in [-0.1, -0.05) is 6.07 Å². The van der Waals surface area contributed by atoms with Gasteiger partial charge < -0.3 is 9.84 Å². The van der Waals surface area contributed by atoms with Crippen LogP contribution in [0, 0.1) is 19.7 Å². The van der Waals surface area contributed by atoms with Crippen molar-refractivity contribution in [2.24, 2.45) is 0 Å². The van der Waals surface area contributed by atoms with Crippen LogP contribution < -0.4 is 4.74 Å². The summed E-state index contributed by atoms with van der Waals surface area (Å²) in [4.78, 5) is 18.9. The third kappa shape index (κ3) is 2.32. The molecule has 0 aliphatic carbocycles. The van der Waals surface area contributed by atoms with Crippen molar-refractivity contribution >= 4 is 5.97 Å². The molecular formula is C14H13FN2O3. The normalized spacial score (nSPS) is 13.2. The van der Waals surface area contributed by atoms with Crippen LogP contribution in [-0.4, -0.2) is 28.1 Å². The van der Waals surface area contributed by atoms with E-state index < -0.39 is 18.8 Å². The summed E-state index contributed by atoms with van der Waals surface area (Å²) in [5, 5.41) is 9.11. The first-order valence-corrected chi connectivity index (χ1v) is 5.65. The van der Waals surface area contributed by atoms with Gasteiger partial charge in [-0.25, -0.2) is 19.2 Å². The molecule has 1 heterocycles. The Labute approximate surface area is 119 Å². The average molecular weight is 279 g/mol. The van der Waals surface area contributed by atoms with Crippen LogP contribution in [0.5, 0.6) is 5.75 Å². The number of rotatable bonds is 3. The quantitative estimate of drug-likeness (QED) is 0.935. The highest BCUT2D eigenvalue weighted by molar-refractivity contribution is 5.87.